The van der Waals surface area contributed by atoms with E-state index in [9.17, 15) is 19.5 Å². The molecule has 0 aromatic heterocycles. The Morgan fingerprint density at radius 1 is 1.00 bits per heavy atom. The molecule has 4 heterocycles. The van der Waals surface area contributed by atoms with E-state index in [4.69, 9.17) is 9.47 Å². The zero-order chi connectivity index (χ0) is 34.2. The number of cyclic esters (lactones) is 1. The molecule has 1 aliphatic carbocycles. The van der Waals surface area contributed by atoms with Crippen molar-refractivity contribution in [1.29, 1.82) is 0 Å². The average molecular weight is 662 g/mol. The molecule has 1 spiro atoms. The summed E-state index contributed by atoms with van der Waals surface area (Å²) < 4.78 is 13.0. The lowest BCUT2D eigenvalue weighted by Gasteiger charge is -2.42. The number of aliphatic hydroxyl groups is 1. The molecule has 6 rings (SSSR count). The molecule has 10 nitrogen and oxygen atoms in total. The van der Waals surface area contributed by atoms with Crippen LogP contribution in [0.2, 0.25) is 0 Å². The monoisotopic (exact) mass is 661 g/mol. The maximum atomic E-state index is 15.1. The number of rotatable bonds is 6. The number of hydrogen-bond acceptors (Lipinski definition) is 7. The van der Waals surface area contributed by atoms with Crippen LogP contribution in [0, 0.1) is 17.8 Å². The third-order valence-corrected chi connectivity index (χ3v) is 11.3. The lowest BCUT2D eigenvalue weighted by molar-refractivity contribution is -0.164. The van der Waals surface area contributed by atoms with Crippen LogP contribution in [0.25, 0.3) is 0 Å². The molecule has 5 aliphatic rings. The molecule has 48 heavy (non-hydrogen) atoms. The molecule has 3 fully saturated rings. The van der Waals surface area contributed by atoms with Crippen molar-refractivity contribution in [3.63, 3.8) is 0 Å². The Bertz CT molecular complexity index is 1420. The minimum Gasteiger partial charge on any atom is -0.455 e. The van der Waals surface area contributed by atoms with Gasteiger partial charge in [0.15, 0.2) is 0 Å². The number of fused-ring (bicyclic) bond motifs is 2. The molecule has 8 atom stereocenters. The van der Waals surface area contributed by atoms with Gasteiger partial charge in [0.2, 0.25) is 17.7 Å². The minimum atomic E-state index is -1.36. The second-order valence-electron chi connectivity index (χ2n) is 14.7. The van der Waals surface area contributed by atoms with Crippen molar-refractivity contribution in [1.82, 2.24) is 14.7 Å². The number of likely N-dealkylation sites (N-methyl/N-ethyl adjacent to an activating group) is 1. The summed E-state index contributed by atoms with van der Waals surface area (Å²) in [6.45, 7) is 5.94. The zero-order valence-corrected chi connectivity index (χ0v) is 28.7. The van der Waals surface area contributed by atoms with Gasteiger partial charge in [-0.2, -0.15) is 0 Å². The molecule has 0 radical (unpaired) electrons. The van der Waals surface area contributed by atoms with Gasteiger partial charge in [-0.1, -0.05) is 87.7 Å². The van der Waals surface area contributed by atoms with Crippen molar-refractivity contribution in [2.75, 3.05) is 20.2 Å². The van der Waals surface area contributed by atoms with Gasteiger partial charge in [0.05, 0.1) is 30.7 Å². The molecule has 3 amide bonds. The van der Waals surface area contributed by atoms with Gasteiger partial charge >= 0.3 is 5.97 Å². The van der Waals surface area contributed by atoms with E-state index in [2.05, 4.69) is 0 Å². The van der Waals surface area contributed by atoms with Crippen LogP contribution in [0.5, 0.6) is 0 Å². The molecule has 5 bridgehead atoms. The zero-order valence-electron chi connectivity index (χ0n) is 28.7. The number of benzene rings is 1. The standard InChI is InChI=1S/C38H51N3O7/c1-24(2)22-28(23-42)41-34-36(45)40(27-16-10-6-11-17-27)21-13-7-12-18-30(43)39(4)25(3)33(26-14-8-5-9-15-26)47-37(46)31-29-19-20-38(34,48-29)32(31)35(41)44/h5,7-9,13-15,19-20,24-25,27-29,31-34,42H,6,10-12,16-18,21-23H2,1-4H3/b13-7-/t25-,28-,29+,31-,32-,33+,34+,38-/m1/s1. The predicted molar refractivity (Wildman–Crippen MR) is 179 cm³/mol. The highest BCUT2D eigenvalue weighted by atomic mass is 16.6. The normalized spacial score (nSPS) is 34.6. The van der Waals surface area contributed by atoms with Crippen LogP contribution in [-0.2, 0) is 28.7 Å². The van der Waals surface area contributed by atoms with Gasteiger partial charge in [-0.25, -0.2) is 0 Å². The Balaban J connectivity index is 1.46. The summed E-state index contributed by atoms with van der Waals surface area (Å²) in [6.07, 6.45) is 12.1. The Kier molecular flexibility index (Phi) is 10.1. The van der Waals surface area contributed by atoms with Gasteiger partial charge in [0.25, 0.3) is 0 Å². The quantitative estimate of drug-likeness (QED) is 0.359. The number of esters is 1. The van der Waals surface area contributed by atoms with Crippen molar-refractivity contribution in [3.05, 3.63) is 60.2 Å². The largest absolute Gasteiger partial charge is 0.455 e. The summed E-state index contributed by atoms with van der Waals surface area (Å²) in [5, 5.41) is 10.7. The summed E-state index contributed by atoms with van der Waals surface area (Å²) in [6, 6.07) is 7.17. The highest BCUT2D eigenvalue weighted by molar-refractivity contribution is 5.99. The van der Waals surface area contributed by atoms with Gasteiger partial charge in [0, 0.05) is 26.1 Å². The van der Waals surface area contributed by atoms with Crippen LogP contribution >= 0.6 is 0 Å². The van der Waals surface area contributed by atoms with Crippen molar-refractivity contribution in [2.24, 2.45) is 17.8 Å². The topological polar surface area (TPSA) is 117 Å². The third-order valence-electron chi connectivity index (χ3n) is 11.3. The molecular formula is C38H51N3O7. The van der Waals surface area contributed by atoms with Gasteiger partial charge in [0.1, 0.15) is 23.7 Å². The maximum Gasteiger partial charge on any atom is 0.313 e. The van der Waals surface area contributed by atoms with Crippen LogP contribution in [-0.4, -0.2) is 99.6 Å². The van der Waals surface area contributed by atoms with Crippen LogP contribution in [0.1, 0.15) is 83.8 Å². The summed E-state index contributed by atoms with van der Waals surface area (Å²) in [5.74, 6) is -3.09. The summed E-state index contributed by atoms with van der Waals surface area (Å²) in [4.78, 5) is 62.7. The first-order valence-corrected chi connectivity index (χ1v) is 17.9. The minimum absolute atomic E-state index is 0.00773. The fourth-order valence-electron chi connectivity index (χ4n) is 8.75. The molecule has 10 heteroatoms. The molecular weight excluding hydrogens is 610 g/mol. The second-order valence-corrected chi connectivity index (χ2v) is 14.7. The molecule has 2 saturated heterocycles. The van der Waals surface area contributed by atoms with E-state index in [1.807, 2.05) is 74.2 Å². The highest BCUT2D eigenvalue weighted by Gasteiger charge is 2.74. The maximum absolute atomic E-state index is 15.1. The SMILES string of the molecule is CC(C)C[C@H](CO)N1C(=O)[C@H]2[C@@H]3C(=O)O[C@H](c4ccccc4)[C@@H](C)N(C)C(=O)CC/C=C\CN(C4CCCCC4)C(=O)[C@H]1[C@@]21C=C[C@@H]3O1. The third kappa shape index (κ3) is 6.10. The number of ether oxygens (including phenoxy) is 2. The lowest BCUT2D eigenvalue weighted by atomic mass is 9.74. The summed E-state index contributed by atoms with van der Waals surface area (Å²) >= 11 is 0. The van der Waals surface area contributed by atoms with E-state index in [0.717, 1.165) is 37.7 Å². The number of allylic oxidation sites excluding steroid dienone is 1. The first-order valence-electron chi connectivity index (χ1n) is 17.9. The average Bonchev–Trinajstić information content (AvgIpc) is 3.74. The van der Waals surface area contributed by atoms with Crippen molar-refractivity contribution in [3.8, 4) is 0 Å². The number of hydrogen-bond donors (Lipinski definition) is 1. The van der Waals surface area contributed by atoms with E-state index in [-0.39, 0.29) is 42.7 Å². The van der Waals surface area contributed by atoms with Crippen LogP contribution in [0.15, 0.2) is 54.6 Å². The van der Waals surface area contributed by atoms with E-state index in [1.54, 1.807) is 22.9 Å². The van der Waals surface area contributed by atoms with E-state index >= 15 is 4.79 Å². The predicted octanol–water partition coefficient (Wildman–Crippen LogP) is 4.19. The Hall–Kier alpha value is -3.50. The van der Waals surface area contributed by atoms with Gasteiger partial charge in [-0.15, -0.1) is 0 Å². The number of carbonyl (C=O) groups excluding carboxylic acids is 4. The molecule has 1 aromatic carbocycles. The second kappa shape index (κ2) is 14.2. The van der Waals surface area contributed by atoms with Crippen LogP contribution in [0.4, 0.5) is 0 Å². The number of amides is 3. The van der Waals surface area contributed by atoms with E-state index in [1.165, 1.54) is 0 Å². The number of likely N-dealkylation sites (tertiary alicyclic amines) is 1. The molecule has 1 aromatic rings. The Morgan fingerprint density at radius 3 is 2.42 bits per heavy atom. The Labute approximate surface area is 284 Å². The van der Waals surface area contributed by atoms with Gasteiger partial charge in [-0.05, 0) is 44.1 Å². The fourth-order valence-corrected chi connectivity index (χ4v) is 8.75. The number of carbonyl (C=O) groups is 4. The van der Waals surface area contributed by atoms with Crippen molar-refractivity contribution in [2.45, 2.75) is 114 Å². The molecule has 0 unspecified atom stereocenters. The Morgan fingerprint density at radius 2 is 1.73 bits per heavy atom. The van der Waals surface area contributed by atoms with Crippen molar-refractivity contribution < 1.29 is 33.8 Å². The highest BCUT2D eigenvalue weighted by Crippen LogP contribution is 2.56. The molecule has 260 valence electrons. The van der Waals surface area contributed by atoms with Gasteiger partial charge < -0.3 is 29.3 Å². The first kappa shape index (κ1) is 34.4. The van der Waals surface area contributed by atoms with Crippen LogP contribution in [0.3, 0.4) is 0 Å². The fraction of sp³-hybridized carbons (Fsp3) is 0.632. The summed E-state index contributed by atoms with van der Waals surface area (Å²) in [5.41, 5.74) is -0.629. The van der Waals surface area contributed by atoms with Crippen molar-refractivity contribution >= 4 is 23.7 Å². The van der Waals surface area contributed by atoms with E-state index in [0.29, 0.717) is 19.4 Å². The molecule has 1 N–H and O–H groups in total. The number of nitrogens with zero attached hydrogens (tertiary/aromatic N) is 3. The van der Waals surface area contributed by atoms with Crippen LogP contribution < -0.4 is 0 Å². The first-order chi connectivity index (χ1) is 23.1. The smallest absolute Gasteiger partial charge is 0.313 e. The van der Waals surface area contributed by atoms with Gasteiger partial charge in [-0.3, -0.25) is 19.2 Å². The van der Waals surface area contributed by atoms with E-state index < -0.39 is 53.7 Å². The molecule has 1 saturated carbocycles. The summed E-state index contributed by atoms with van der Waals surface area (Å²) in [7, 11) is 1.73. The number of aliphatic hydroxyl groups excluding tert-OH is 1. The molecule has 4 aliphatic heterocycles. The lowest BCUT2D eigenvalue weighted by Crippen LogP contribution is -2.60.